The van der Waals surface area contributed by atoms with Crippen molar-refractivity contribution in [2.24, 2.45) is 46.3 Å². The molecule has 9 aliphatic rings. The van der Waals surface area contributed by atoms with Crippen molar-refractivity contribution in [1.29, 1.82) is 0 Å². The number of rotatable bonds is 3. The molecule has 7 fully saturated rings. The molecule has 0 amide bonds. The van der Waals surface area contributed by atoms with Crippen LogP contribution >= 0.6 is 11.6 Å². The Hall–Kier alpha value is -1.28. The molecule has 0 aromatic heterocycles. The highest BCUT2D eigenvalue weighted by atomic mass is 35.5. The van der Waals surface area contributed by atoms with E-state index in [1.807, 2.05) is 0 Å². The average Bonchev–Trinajstić information content (AvgIpc) is 3.51. The molecule has 2 nitrogen and oxygen atoms in total. The predicted octanol–water partition coefficient (Wildman–Crippen LogP) is 12.1. The summed E-state index contributed by atoms with van der Waals surface area (Å²) >= 11 is 7.47. The van der Waals surface area contributed by atoms with Crippen LogP contribution in [-0.4, -0.2) is 41.4 Å². The van der Waals surface area contributed by atoms with Crippen molar-refractivity contribution in [1.82, 2.24) is 4.90 Å². The van der Waals surface area contributed by atoms with E-state index < -0.39 is 0 Å². The maximum atomic E-state index is 7.47. The van der Waals surface area contributed by atoms with E-state index in [0.29, 0.717) is 10.8 Å². The van der Waals surface area contributed by atoms with E-state index in [1.165, 1.54) is 159 Å². The smallest absolute Gasteiger partial charge is 0.182 e. The Morgan fingerprint density at radius 1 is 0.633 bits per heavy atom. The van der Waals surface area contributed by atoms with Gasteiger partial charge in [-0.05, 0) is 124 Å². The molecule has 0 aromatic rings. The van der Waals surface area contributed by atoms with Crippen LogP contribution in [0.4, 0.5) is 0 Å². The van der Waals surface area contributed by atoms with Crippen LogP contribution in [0.25, 0.3) is 0 Å². The minimum atomic E-state index is 0.412. The lowest BCUT2D eigenvalue weighted by Gasteiger charge is -2.50. The molecule has 7 aliphatic carbocycles. The van der Waals surface area contributed by atoms with E-state index in [-0.39, 0.29) is 0 Å². The fraction of sp³-hybridized carbons (Fsp3) is 0.804. The summed E-state index contributed by atoms with van der Waals surface area (Å²) in [6.07, 6.45) is 45.7. The monoisotopic (exact) mass is 684 g/mol. The molecule has 0 aromatic carbocycles. The van der Waals surface area contributed by atoms with Gasteiger partial charge in [0.15, 0.2) is 11.8 Å². The minimum Gasteiger partial charge on any atom is -0.374 e. The topological polar surface area (TPSA) is 6.25 Å². The van der Waals surface area contributed by atoms with E-state index >= 15 is 0 Å². The van der Waals surface area contributed by atoms with Crippen molar-refractivity contribution in [2.45, 2.75) is 173 Å². The highest BCUT2D eigenvalue weighted by molar-refractivity contribution is 6.32. The molecule has 8 unspecified atom stereocenters. The molecule has 2 aliphatic heterocycles. The number of allylic oxidation sites excluding steroid dienone is 8. The third-order valence-electron chi connectivity index (χ3n) is 17.2. The number of likely N-dealkylation sites (tertiary alicyclic amines) is 1. The van der Waals surface area contributed by atoms with Gasteiger partial charge in [0.1, 0.15) is 7.05 Å². The molecule has 6 saturated carbocycles. The maximum Gasteiger partial charge on any atom is 0.182 e. The molecule has 3 heteroatoms. The van der Waals surface area contributed by atoms with Crippen LogP contribution in [0.1, 0.15) is 161 Å². The quantitative estimate of drug-likeness (QED) is 0.268. The SMILES string of the molecule is CN1/C(=C/C=C2\CCCC(/C=C/C3=[N+](C)C4CCC5CCCCC5C4C34CCCCC4)=C2Cl)C2(CCCCC2)C2C3CCCCC3CCC21. The Bertz CT molecular complexity index is 1410. The zero-order valence-electron chi connectivity index (χ0n) is 31.4. The van der Waals surface area contributed by atoms with E-state index in [9.17, 15) is 0 Å². The van der Waals surface area contributed by atoms with E-state index in [4.69, 9.17) is 11.6 Å². The van der Waals surface area contributed by atoms with Crippen molar-refractivity contribution in [3.8, 4) is 0 Å². The molecule has 49 heavy (non-hydrogen) atoms. The van der Waals surface area contributed by atoms with E-state index in [2.05, 4.69) is 47.9 Å². The molecule has 0 radical (unpaired) electrons. The average molecular weight is 685 g/mol. The van der Waals surface area contributed by atoms with Gasteiger partial charge in [0.25, 0.3) is 0 Å². The Labute approximate surface area is 305 Å². The lowest BCUT2D eigenvalue weighted by atomic mass is 9.52. The molecule has 2 spiro atoms. The van der Waals surface area contributed by atoms with Gasteiger partial charge in [0.2, 0.25) is 0 Å². The molecule has 0 N–H and O–H groups in total. The van der Waals surface area contributed by atoms with Crippen molar-refractivity contribution in [3.05, 3.63) is 46.2 Å². The fourth-order valence-corrected chi connectivity index (χ4v) is 15.7. The van der Waals surface area contributed by atoms with Crippen LogP contribution in [0.15, 0.2) is 46.2 Å². The number of hydrogen-bond donors (Lipinski definition) is 0. The van der Waals surface area contributed by atoms with Gasteiger partial charge in [0.05, 0.1) is 5.41 Å². The van der Waals surface area contributed by atoms with Crippen LogP contribution < -0.4 is 0 Å². The van der Waals surface area contributed by atoms with Crippen molar-refractivity contribution in [2.75, 3.05) is 14.1 Å². The van der Waals surface area contributed by atoms with Crippen molar-refractivity contribution < 1.29 is 4.58 Å². The molecule has 0 bridgehead atoms. The first-order chi connectivity index (χ1) is 24.0. The third kappa shape index (κ3) is 5.47. The molecular weight excluding hydrogens is 616 g/mol. The Morgan fingerprint density at radius 2 is 1.27 bits per heavy atom. The van der Waals surface area contributed by atoms with Gasteiger partial charge in [-0.15, -0.1) is 0 Å². The van der Waals surface area contributed by atoms with Crippen LogP contribution in [0.3, 0.4) is 0 Å². The highest BCUT2D eigenvalue weighted by Crippen LogP contribution is 2.64. The second-order valence-electron chi connectivity index (χ2n) is 19.1. The Kier molecular flexibility index (Phi) is 9.32. The van der Waals surface area contributed by atoms with E-state index in [0.717, 1.165) is 65.5 Å². The Balaban J connectivity index is 1.02. The number of hydrogen-bond acceptors (Lipinski definition) is 1. The maximum absolute atomic E-state index is 7.47. The van der Waals surface area contributed by atoms with Crippen LogP contribution in [0, 0.1) is 46.3 Å². The zero-order valence-corrected chi connectivity index (χ0v) is 32.1. The largest absolute Gasteiger partial charge is 0.374 e. The van der Waals surface area contributed by atoms with E-state index in [1.54, 1.807) is 11.4 Å². The van der Waals surface area contributed by atoms with Crippen LogP contribution in [0.2, 0.25) is 0 Å². The fourth-order valence-electron chi connectivity index (χ4n) is 15.3. The summed E-state index contributed by atoms with van der Waals surface area (Å²) in [6.45, 7) is 0. The standard InChI is InChI=1S/C46H68ClN2/c1-48-38-24-20-32-14-5-7-18-36(32)42(38)45(28-9-3-10-29-45)40(48)26-22-34-16-13-17-35(44(34)47)23-27-41-46(30-11-4-12-31-46)43-37-19-8-6-15-33(37)21-25-39(43)49(41)2/h22-23,26-27,32-33,36-39,42-43H,3-21,24-25,28-31H2,1-2H3/q+1. The molecule has 8 atom stereocenters. The minimum absolute atomic E-state index is 0.412. The summed E-state index contributed by atoms with van der Waals surface area (Å²) in [5.41, 5.74) is 7.02. The van der Waals surface area contributed by atoms with Crippen molar-refractivity contribution >= 4 is 17.3 Å². The summed E-state index contributed by atoms with van der Waals surface area (Å²) < 4.78 is 2.81. The Morgan fingerprint density at radius 3 is 1.98 bits per heavy atom. The normalized spacial score (nSPS) is 41.9. The van der Waals surface area contributed by atoms with Gasteiger partial charge in [0, 0.05) is 47.6 Å². The molecule has 268 valence electrons. The summed E-state index contributed by atoms with van der Waals surface area (Å²) in [4.78, 5) is 2.81. The molecule has 2 heterocycles. The van der Waals surface area contributed by atoms with Crippen LogP contribution in [0.5, 0.6) is 0 Å². The van der Waals surface area contributed by atoms with Crippen molar-refractivity contribution in [3.63, 3.8) is 0 Å². The highest BCUT2D eigenvalue weighted by Gasteiger charge is 2.63. The summed E-state index contributed by atoms with van der Waals surface area (Å²) in [6, 6.07) is 1.52. The second kappa shape index (κ2) is 13.6. The molecular formula is C46H68ClN2+. The number of halogens is 1. The van der Waals surface area contributed by atoms with Gasteiger partial charge in [-0.25, -0.2) is 4.58 Å². The van der Waals surface area contributed by atoms with Crippen LogP contribution in [-0.2, 0) is 0 Å². The second-order valence-corrected chi connectivity index (χ2v) is 19.4. The van der Waals surface area contributed by atoms with Gasteiger partial charge in [-0.1, -0.05) is 101 Å². The number of nitrogens with zero attached hydrogens (tertiary/aromatic N) is 2. The lowest BCUT2D eigenvalue weighted by Crippen LogP contribution is -2.48. The number of fused-ring (bicyclic) bond motifs is 8. The summed E-state index contributed by atoms with van der Waals surface area (Å²) in [5, 5.41) is 1.08. The third-order valence-corrected chi connectivity index (χ3v) is 17.7. The first-order valence-corrected chi connectivity index (χ1v) is 22.2. The molecule has 1 saturated heterocycles. The lowest BCUT2D eigenvalue weighted by molar-refractivity contribution is -0.541. The summed E-state index contributed by atoms with van der Waals surface area (Å²) in [5.74, 6) is 5.71. The first-order valence-electron chi connectivity index (χ1n) is 21.8. The van der Waals surface area contributed by atoms with Gasteiger partial charge < -0.3 is 4.90 Å². The van der Waals surface area contributed by atoms with Gasteiger partial charge >= 0.3 is 0 Å². The first kappa shape index (κ1) is 33.5. The molecule has 9 rings (SSSR count). The van der Waals surface area contributed by atoms with Gasteiger partial charge in [-0.2, -0.15) is 0 Å². The predicted molar refractivity (Wildman–Crippen MR) is 206 cm³/mol. The zero-order chi connectivity index (χ0) is 33.2. The van der Waals surface area contributed by atoms with Gasteiger partial charge in [-0.3, -0.25) is 0 Å². The summed E-state index contributed by atoms with van der Waals surface area (Å²) in [7, 11) is 4.95.